The molecular formula is C16H23ClN2O. The zero-order valence-corrected chi connectivity index (χ0v) is 13.4. The van der Waals surface area contributed by atoms with Crippen LogP contribution in [0.4, 0.5) is 0 Å². The molecule has 0 aromatic heterocycles. The Morgan fingerprint density at radius 3 is 2.70 bits per heavy atom. The monoisotopic (exact) mass is 294 g/mol. The third-order valence-electron chi connectivity index (χ3n) is 3.40. The van der Waals surface area contributed by atoms with Crippen LogP contribution in [-0.4, -0.2) is 13.7 Å². The number of hydrogen-bond donors (Lipinski definition) is 1. The second-order valence-electron chi connectivity index (χ2n) is 5.65. The highest BCUT2D eigenvalue weighted by Crippen LogP contribution is 2.28. The predicted octanol–water partition coefficient (Wildman–Crippen LogP) is 4.33. The number of ether oxygens (including phenoxy) is 1. The number of halogens is 1. The molecule has 0 heterocycles. The molecule has 0 aliphatic carbocycles. The number of rotatable bonds is 7. The Morgan fingerprint density at radius 2 is 2.15 bits per heavy atom. The van der Waals surface area contributed by atoms with Gasteiger partial charge in [0.2, 0.25) is 0 Å². The molecule has 1 aromatic carbocycles. The van der Waals surface area contributed by atoms with Gasteiger partial charge in [0.1, 0.15) is 5.75 Å². The van der Waals surface area contributed by atoms with Crippen molar-refractivity contribution >= 4 is 11.6 Å². The van der Waals surface area contributed by atoms with Crippen LogP contribution in [0.1, 0.15) is 45.2 Å². The summed E-state index contributed by atoms with van der Waals surface area (Å²) in [5, 5.41) is 12.7. The lowest BCUT2D eigenvalue weighted by atomic mass is 9.90. The standard InChI is InChI=1S/C16H23ClN2O/c1-12(19-4)13-6-7-15(14(17)10-13)20-9-5-8-16(2,3)11-18/h6-7,10,12,19H,5,8-9H2,1-4H3. The molecule has 110 valence electrons. The van der Waals surface area contributed by atoms with Crippen molar-refractivity contribution in [2.45, 2.75) is 39.7 Å². The zero-order valence-electron chi connectivity index (χ0n) is 12.7. The topological polar surface area (TPSA) is 45.0 Å². The second kappa shape index (κ2) is 7.52. The summed E-state index contributed by atoms with van der Waals surface area (Å²) in [6.45, 7) is 6.53. The van der Waals surface area contributed by atoms with Crippen molar-refractivity contribution in [2.75, 3.05) is 13.7 Å². The molecule has 0 aliphatic rings. The quantitative estimate of drug-likeness (QED) is 0.761. The first kappa shape index (κ1) is 16.8. The Hall–Kier alpha value is -1.24. The number of nitrogens with zero attached hydrogens (tertiary/aromatic N) is 1. The molecule has 0 radical (unpaired) electrons. The number of nitriles is 1. The fourth-order valence-electron chi connectivity index (χ4n) is 1.82. The van der Waals surface area contributed by atoms with Gasteiger partial charge in [-0.3, -0.25) is 0 Å². The number of hydrogen-bond acceptors (Lipinski definition) is 3. The maximum absolute atomic E-state index is 8.94. The third-order valence-corrected chi connectivity index (χ3v) is 3.69. The minimum absolute atomic E-state index is 0.262. The van der Waals surface area contributed by atoms with Gasteiger partial charge in [-0.2, -0.15) is 5.26 Å². The largest absolute Gasteiger partial charge is 0.492 e. The van der Waals surface area contributed by atoms with Gasteiger partial charge in [0.05, 0.1) is 23.1 Å². The molecule has 0 fully saturated rings. The highest BCUT2D eigenvalue weighted by atomic mass is 35.5. The van der Waals surface area contributed by atoms with Gasteiger partial charge in [0.15, 0.2) is 0 Å². The van der Waals surface area contributed by atoms with E-state index in [1.54, 1.807) is 0 Å². The first-order valence-corrected chi connectivity index (χ1v) is 7.28. The van der Waals surface area contributed by atoms with E-state index in [-0.39, 0.29) is 11.5 Å². The van der Waals surface area contributed by atoms with Gasteiger partial charge in [0, 0.05) is 6.04 Å². The Balaban J connectivity index is 2.52. The number of nitrogens with one attached hydrogen (secondary N) is 1. The van der Waals surface area contributed by atoms with Gasteiger partial charge < -0.3 is 10.1 Å². The average Bonchev–Trinajstić information content (AvgIpc) is 2.44. The summed E-state index contributed by atoms with van der Waals surface area (Å²) in [6, 6.07) is 8.40. The van der Waals surface area contributed by atoms with Gasteiger partial charge in [-0.15, -0.1) is 0 Å². The van der Waals surface area contributed by atoms with Crippen LogP contribution in [0.2, 0.25) is 5.02 Å². The number of benzene rings is 1. The minimum Gasteiger partial charge on any atom is -0.492 e. The maximum Gasteiger partial charge on any atom is 0.137 e. The Kier molecular flexibility index (Phi) is 6.32. The lowest BCUT2D eigenvalue weighted by molar-refractivity contribution is 0.284. The van der Waals surface area contributed by atoms with E-state index in [9.17, 15) is 0 Å². The molecule has 1 rings (SSSR count). The van der Waals surface area contributed by atoms with Crippen molar-refractivity contribution in [2.24, 2.45) is 5.41 Å². The molecular weight excluding hydrogens is 272 g/mol. The summed E-state index contributed by atoms with van der Waals surface area (Å²) >= 11 is 6.22. The summed E-state index contributed by atoms with van der Waals surface area (Å²) < 4.78 is 5.68. The fourth-order valence-corrected chi connectivity index (χ4v) is 2.07. The Morgan fingerprint density at radius 1 is 1.45 bits per heavy atom. The van der Waals surface area contributed by atoms with E-state index in [1.807, 2.05) is 39.1 Å². The summed E-state index contributed by atoms with van der Waals surface area (Å²) in [5.41, 5.74) is 0.842. The van der Waals surface area contributed by atoms with Crippen molar-refractivity contribution in [3.8, 4) is 11.8 Å². The normalized spacial score (nSPS) is 12.8. The van der Waals surface area contributed by atoms with Crippen LogP contribution in [-0.2, 0) is 0 Å². The molecule has 0 saturated carbocycles. The Labute approximate surface area is 126 Å². The molecule has 4 heteroatoms. The van der Waals surface area contributed by atoms with Gasteiger partial charge in [-0.05, 0) is 58.4 Å². The molecule has 1 N–H and O–H groups in total. The first-order chi connectivity index (χ1) is 9.39. The van der Waals surface area contributed by atoms with Crippen molar-refractivity contribution in [3.63, 3.8) is 0 Å². The molecule has 1 aromatic rings. The minimum atomic E-state index is -0.292. The van der Waals surface area contributed by atoms with E-state index in [0.29, 0.717) is 17.4 Å². The van der Waals surface area contributed by atoms with E-state index < -0.39 is 0 Å². The van der Waals surface area contributed by atoms with Crippen LogP contribution in [0.15, 0.2) is 18.2 Å². The van der Waals surface area contributed by atoms with Crippen LogP contribution in [0, 0.1) is 16.7 Å². The van der Waals surface area contributed by atoms with Crippen molar-refractivity contribution < 1.29 is 4.74 Å². The lowest BCUT2D eigenvalue weighted by Crippen LogP contribution is -2.12. The molecule has 0 spiro atoms. The van der Waals surface area contributed by atoms with Crippen LogP contribution in [0.5, 0.6) is 5.75 Å². The molecule has 1 atom stereocenters. The lowest BCUT2D eigenvalue weighted by Gasteiger charge is -2.16. The summed E-state index contributed by atoms with van der Waals surface area (Å²) in [4.78, 5) is 0. The van der Waals surface area contributed by atoms with Gasteiger partial charge >= 0.3 is 0 Å². The summed E-state index contributed by atoms with van der Waals surface area (Å²) in [6.07, 6.45) is 1.65. The van der Waals surface area contributed by atoms with Crippen LogP contribution in [0.3, 0.4) is 0 Å². The van der Waals surface area contributed by atoms with E-state index in [4.69, 9.17) is 21.6 Å². The summed E-state index contributed by atoms with van der Waals surface area (Å²) in [5.74, 6) is 0.702. The molecule has 0 aliphatic heterocycles. The third kappa shape index (κ3) is 5.03. The highest BCUT2D eigenvalue weighted by molar-refractivity contribution is 6.32. The van der Waals surface area contributed by atoms with Crippen molar-refractivity contribution in [1.29, 1.82) is 5.26 Å². The van der Waals surface area contributed by atoms with Crippen LogP contribution < -0.4 is 10.1 Å². The van der Waals surface area contributed by atoms with Gasteiger partial charge in [-0.1, -0.05) is 17.7 Å². The van der Waals surface area contributed by atoms with Crippen LogP contribution in [0.25, 0.3) is 0 Å². The van der Waals surface area contributed by atoms with Gasteiger partial charge in [-0.25, -0.2) is 0 Å². The molecule has 0 saturated heterocycles. The molecule has 20 heavy (non-hydrogen) atoms. The maximum atomic E-state index is 8.94. The Bertz CT molecular complexity index is 480. The average molecular weight is 295 g/mol. The zero-order chi connectivity index (χ0) is 15.2. The van der Waals surface area contributed by atoms with Crippen molar-refractivity contribution in [3.05, 3.63) is 28.8 Å². The predicted molar refractivity (Wildman–Crippen MR) is 83.0 cm³/mol. The molecule has 1 unspecified atom stereocenters. The highest BCUT2D eigenvalue weighted by Gasteiger charge is 2.16. The van der Waals surface area contributed by atoms with Crippen molar-refractivity contribution in [1.82, 2.24) is 5.32 Å². The SMILES string of the molecule is CNC(C)c1ccc(OCCCC(C)(C)C#N)c(Cl)c1. The molecule has 0 bridgehead atoms. The molecule has 0 amide bonds. The van der Waals surface area contributed by atoms with E-state index in [2.05, 4.69) is 18.3 Å². The van der Waals surface area contributed by atoms with E-state index >= 15 is 0 Å². The fraction of sp³-hybridized carbons (Fsp3) is 0.562. The van der Waals surface area contributed by atoms with E-state index in [0.717, 1.165) is 18.4 Å². The molecule has 3 nitrogen and oxygen atoms in total. The van der Waals surface area contributed by atoms with E-state index in [1.165, 1.54) is 0 Å². The summed E-state index contributed by atoms with van der Waals surface area (Å²) in [7, 11) is 1.92. The second-order valence-corrected chi connectivity index (χ2v) is 6.06. The first-order valence-electron chi connectivity index (χ1n) is 6.90. The van der Waals surface area contributed by atoms with Crippen LogP contribution >= 0.6 is 11.6 Å². The smallest absolute Gasteiger partial charge is 0.137 e. The van der Waals surface area contributed by atoms with Gasteiger partial charge in [0.25, 0.3) is 0 Å².